The van der Waals surface area contributed by atoms with Gasteiger partial charge >= 0.3 is 5.97 Å². The molecule has 0 aromatic carbocycles. The van der Waals surface area contributed by atoms with Crippen LogP contribution in [0.25, 0.3) is 0 Å². The molecule has 1 saturated heterocycles. The lowest BCUT2D eigenvalue weighted by Crippen LogP contribution is -2.41. The van der Waals surface area contributed by atoms with Gasteiger partial charge in [0.25, 0.3) is 0 Å². The number of amides is 1. The first kappa shape index (κ1) is 11.0. The summed E-state index contributed by atoms with van der Waals surface area (Å²) in [6.45, 7) is 4.63. The van der Waals surface area contributed by atoms with Crippen molar-refractivity contribution in [3.05, 3.63) is 0 Å². The van der Waals surface area contributed by atoms with Crippen LogP contribution in [-0.4, -0.2) is 41.0 Å². The number of carboxylic acid groups (broad SMARTS) is 1. The Morgan fingerprint density at radius 1 is 1.50 bits per heavy atom. The van der Waals surface area contributed by atoms with E-state index in [1.54, 1.807) is 6.92 Å². The van der Waals surface area contributed by atoms with Crippen LogP contribution in [0.15, 0.2) is 0 Å². The molecule has 0 saturated carbocycles. The maximum Gasteiger partial charge on any atom is 0.308 e. The Bertz CT molecular complexity index is 254. The molecule has 1 rings (SSSR count). The van der Waals surface area contributed by atoms with Crippen LogP contribution in [0, 0.1) is 11.8 Å². The average Bonchev–Trinajstić information content (AvgIpc) is 2.45. The molecule has 5 heteroatoms. The van der Waals surface area contributed by atoms with Gasteiger partial charge in [-0.1, -0.05) is 6.92 Å². The fraction of sp³-hybridized carbons (Fsp3) is 0.778. The van der Waals surface area contributed by atoms with E-state index in [0.29, 0.717) is 13.1 Å². The largest absolute Gasteiger partial charge is 0.481 e. The summed E-state index contributed by atoms with van der Waals surface area (Å²) in [4.78, 5) is 23.5. The van der Waals surface area contributed by atoms with Gasteiger partial charge in [0.1, 0.15) is 0 Å². The highest BCUT2D eigenvalue weighted by Gasteiger charge is 2.37. The normalized spacial score (nSPS) is 30.1. The van der Waals surface area contributed by atoms with E-state index < -0.39 is 11.9 Å². The van der Waals surface area contributed by atoms with E-state index in [4.69, 9.17) is 10.8 Å². The number of nitrogens with zero attached hydrogens (tertiary/aromatic N) is 1. The van der Waals surface area contributed by atoms with Crippen molar-refractivity contribution in [2.24, 2.45) is 17.6 Å². The summed E-state index contributed by atoms with van der Waals surface area (Å²) in [7, 11) is 0. The highest BCUT2D eigenvalue weighted by molar-refractivity contribution is 5.79. The molecule has 80 valence electrons. The van der Waals surface area contributed by atoms with E-state index in [9.17, 15) is 9.59 Å². The third-order valence-electron chi connectivity index (χ3n) is 2.92. The summed E-state index contributed by atoms with van der Waals surface area (Å²) in [6.07, 6.45) is 0. The Balaban J connectivity index is 2.63. The van der Waals surface area contributed by atoms with E-state index in [1.165, 1.54) is 0 Å². The molecule has 1 amide bonds. The predicted octanol–water partition coefficient (Wildman–Crippen LogP) is -0.487. The fourth-order valence-electron chi connectivity index (χ4n) is 1.82. The zero-order valence-electron chi connectivity index (χ0n) is 8.43. The van der Waals surface area contributed by atoms with Crippen LogP contribution in [0.5, 0.6) is 0 Å². The summed E-state index contributed by atoms with van der Waals surface area (Å²) >= 11 is 0. The quantitative estimate of drug-likeness (QED) is 0.644. The summed E-state index contributed by atoms with van der Waals surface area (Å²) in [6, 6.07) is -0.373. The van der Waals surface area contributed by atoms with E-state index in [-0.39, 0.29) is 17.9 Å². The minimum absolute atomic E-state index is 0.0781. The van der Waals surface area contributed by atoms with E-state index in [2.05, 4.69) is 0 Å². The number of primary amides is 1. The first-order valence-corrected chi connectivity index (χ1v) is 4.69. The molecule has 3 atom stereocenters. The molecule has 0 spiro atoms. The number of aliphatic carboxylic acids is 1. The molecule has 0 radical (unpaired) electrons. The number of carboxylic acids is 1. The maximum absolute atomic E-state index is 10.9. The Labute approximate surface area is 82.9 Å². The summed E-state index contributed by atoms with van der Waals surface area (Å²) in [5.74, 6) is -1.49. The number of hydrogen-bond donors (Lipinski definition) is 2. The topological polar surface area (TPSA) is 83.6 Å². The molecule has 0 aromatic rings. The minimum atomic E-state index is -0.795. The van der Waals surface area contributed by atoms with Gasteiger partial charge < -0.3 is 10.8 Å². The van der Waals surface area contributed by atoms with Gasteiger partial charge in [-0.25, -0.2) is 0 Å². The Kier molecular flexibility index (Phi) is 3.10. The third-order valence-corrected chi connectivity index (χ3v) is 2.92. The van der Waals surface area contributed by atoms with Gasteiger partial charge in [-0.3, -0.25) is 14.5 Å². The van der Waals surface area contributed by atoms with Gasteiger partial charge in [0, 0.05) is 13.1 Å². The first-order valence-electron chi connectivity index (χ1n) is 4.69. The molecule has 0 aromatic heterocycles. The minimum Gasteiger partial charge on any atom is -0.481 e. The molecular weight excluding hydrogens is 184 g/mol. The van der Waals surface area contributed by atoms with Crippen molar-refractivity contribution in [1.29, 1.82) is 0 Å². The predicted molar refractivity (Wildman–Crippen MR) is 50.5 cm³/mol. The first-order chi connectivity index (χ1) is 6.43. The fourth-order valence-corrected chi connectivity index (χ4v) is 1.82. The van der Waals surface area contributed by atoms with Gasteiger partial charge in [-0.15, -0.1) is 0 Å². The van der Waals surface area contributed by atoms with E-state index >= 15 is 0 Å². The Morgan fingerprint density at radius 3 is 2.43 bits per heavy atom. The average molecular weight is 200 g/mol. The number of hydrogen-bond acceptors (Lipinski definition) is 3. The van der Waals surface area contributed by atoms with Crippen LogP contribution < -0.4 is 5.73 Å². The molecule has 0 aliphatic carbocycles. The maximum atomic E-state index is 10.9. The zero-order valence-corrected chi connectivity index (χ0v) is 8.43. The monoisotopic (exact) mass is 200 g/mol. The Morgan fingerprint density at radius 2 is 2.07 bits per heavy atom. The van der Waals surface area contributed by atoms with Crippen molar-refractivity contribution in [2.45, 2.75) is 19.9 Å². The molecule has 14 heavy (non-hydrogen) atoms. The van der Waals surface area contributed by atoms with Crippen molar-refractivity contribution in [3.8, 4) is 0 Å². The lowest BCUT2D eigenvalue weighted by Gasteiger charge is -2.20. The highest BCUT2D eigenvalue weighted by Crippen LogP contribution is 2.24. The molecule has 1 heterocycles. The van der Waals surface area contributed by atoms with E-state index in [1.807, 2.05) is 11.8 Å². The summed E-state index contributed by atoms with van der Waals surface area (Å²) < 4.78 is 0. The van der Waals surface area contributed by atoms with Crippen molar-refractivity contribution in [1.82, 2.24) is 4.90 Å². The van der Waals surface area contributed by atoms with Crippen molar-refractivity contribution in [3.63, 3.8) is 0 Å². The van der Waals surface area contributed by atoms with Gasteiger partial charge in [-0.2, -0.15) is 0 Å². The highest BCUT2D eigenvalue weighted by atomic mass is 16.4. The molecule has 5 nitrogen and oxygen atoms in total. The zero-order chi connectivity index (χ0) is 10.9. The smallest absolute Gasteiger partial charge is 0.308 e. The molecule has 0 bridgehead atoms. The van der Waals surface area contributed by atoms with Gasteiger partial charge in [0.2, 0.25) is 5.91 Å². The lowest BCUT2D eigenvalue weighted by molar-refractivity contribution is -0.142. The van der Waals surface area contributed by atoms with Gasteiger partial charge in [-0.05, 0) is 12.8 Å². The Hall–Kier alpha value is -1.10. The SMILES string of the molecule is CC1CN(C(C)C(N)=O)CC1C(=O)O. The number of nitrogens with two attached hydrogens (primary N) is 1. The molecule has 1 fully saturated rings. The van der Waals surface area contributed by atoms with Crippen molar-refractivity contribution < 1.29 is 14.7 Å². The second-order valence-corrected chi connectivity index (χ2v) is 3.95. The number of carbonyl (C=O) groups is 2. The van der Waals surface area contributed by atoms with Crippen LogP contribution in [-0.2, 0) is 9.59 Å². The number of carbonyl (C=O) groups excluding carboxylic acids is 1. The summed E-state index contributed by atoms with van der Waals surface area (Å²) in [5.41, 5.74) is 5.15. The molecular formula is C9H16N2O3. The molecule has 3 unspecified atom stereocenters. The molecule has 1 aliphatic rings. The van der Waals surface area contributed by atoms with Crippen LogP contribution >= 0.6 is 0 Å². The van der Waals surface area contributed by atoms with Crippen LogP contribution in [0.2, 0.25) is 0 Å². The van der Waals surface area contributed by atoms with Gasteiger partial charge in [0.05, 0.1) is 12.0 Å². The molecule has 1 aliphatic heterocycles. The summed E-state index contributed by atoms with van der Waals surface area (Å²) in [5, 5.41) is 8.88. The van der Waals surface area contributed by atoms with Crippen LogP contribution in [0.1, 0.15) is 13.8 Å². The van der Waals surface area contributed by atoms with Crippen molar-refractivity contribution in [2.75, 3.05) is 13.1 Å². The van der Waals surface area contributed by atoms with Crippen LogP contribution in [0.4, 0.5) is 0 Å². The molecule has 3 N–H and O–H groups in total. The third kappa shape index (κ3) is 2.04. The van der Waals surface area contributed by atoms with Gasteiger partial charge in [0.15, 0.2) is 0 Å². The van der Waals surface area contributed by atoms with Crippen molar-refractivity contribution >= 4 is 11.9 Å². The second-order valence-electron chi connectivity index (χ2n) is 3.95. The second kappa shape index (κ2) is 3.96. The lowest BCUT2D eigenvalue weighted by atomic mass is 9.99. The number of rotatable bonds is 3. The van der Waals surface area contributed by atoms with Crippen LogP contribution in [0.3, 0.4) is 0 Å². The number of likely N-dealkylation sites (tertiary alicyclic amines) is 1. The standard InChI is InChI=1S/C9H16N2O3/c1-5-3-11(6(2)8(10)12)4-7(5)9(13)14/h5-7H,3-4H2,1-2H3,(H2,10,12)(H,13,14). The van der Waals surface area contributed by atoms with E-state index in [0.717, 1.165) is 0 Å².